The van der Waals surface area contributed by atoms with Crippen molar-refractivity contribution in [3.63, 3.8) is 0 Å². The molecule has 1 rings (SSSR count). The van der Waals surface area contributed by atoms with Crippen molar-refractivity contribution in [1.82, 2.24) is 14.5 Å². The van der Waals surface area contributed by atoms with Crippen LogP contribution in [0.15, 0.2) is 17.6 Å². The molecule has 1 amide bonds. The molecule has 1 unspecified atom stereocenters. The van der Waals surface area contributed by atoms with Crippen LogP contribution in [0.1, 0.15) is 39.5 Å². The number of hydrogen-bond acceptors (Lipinski definition) is 3. The predicted molar refractivity (Wildman–Crippen MR) is 85.4 cm³/mol. The van der Waals surface area contributed by atoms with E-state index in [1.165, 1.54) is 0 Å². The average molecular weight is 313 g/mol. The van der Waals surface area contributed by atoms with Crippen LogP contribution in [0.25, 0.3) is 0 Å². The first-order chi connectivity index (χ1) is 9.88. The molecule has 0 fully saturated rings. The van der Waals surface area contributed by atoms with Crippen molar-refractivity contribution in [1.29, 1.82) is 0 Å². The summed E-state index contributed by atoms with van der Waals surface area (Å²) in [5, 5.41) is 0.565. The van der Waals surface area contributed by atoms with Gasteiger partial charge >= 0.3 is 0 Å². The molecule has 1 heterocycles. The zero-order valence-corrected chi connectivity index (χ0v) is 14.5. The van der Waals surface area contributed by atoms with E-state index in [4.69, 9.17) is 0 Å². The van der Waals surface area contributed by atoms with E-state index in [1.54, 1.807) is 36.0 Å². The number of rotatable bonds is 8. The third kappa shape index (κ3) is 4.95. The van der Waals surface area contributed by atoms with Crippen LogP contribution < -0.4 is 0 Å². The van der Waals surface area contributed by atoms with E-state index in [2.05, 4.69) is 11.9 Å². The third-order valence-electron chi connectivity index (χ3n) is 3.70. The van der Waals surface area contributed by atoms with Gasteiger partial charge in [-0.25, -0.2) is 4.98 Å². The summed E-state index contributed by atoms with van der Waals surface area (Å²) < 4.78 is 14.6. The van der Waals surface area contributed by atoms with E-state index < -0.39 is 10.8 Å². The van der Waals surface area contributed by atoms with Crippen molar-refractivity contribution in [2.45, 2.75) is 49.9 Å². The summed E-state index contributed by atoms with van der Waals surface area (Å²) in [6.07, 6.45) is 6.83. The molecule has 21 heavy (non-hydrogen) atoms. The second-order valence-corrected chi connectivity index (χ2v) is 7.33. The molecular formula is C15H27N3O2S. The van der Waals surface area contributed by atoms with Crippen molar-refractivity contribution < 1.29 is 9.00 Å². The number of unbranched alkanes of at least 4 members (excludes halogenated alkanes) is 1. The maximum Gasteiger partial charge on any atom is 0.222 e. The Bertz CT molecular complexity index is 485. The molecule has 1 aromatic rings. The SMILES string of the molecule is CCCC[C@@H]([C@@H](C)CC(=O)N(C)C)S(=O)c1nccn1C. The minimum absolute atomic E-state index is 0.0325. The van der Waals surface area contributed by atoms with Gasteiger partial charge in [-0.1, -0.05) is 26.7 Å². The molecule has 0 aliphatic rings. The lowest BCUT2D eigenvalue weighted by Crippen LogP contribution is -2.31. The number of imidazole rings is 1. The Hall–Kier alpha value is -1.17. The molecule has 0 saturated heterocycles. The largest absolute Gasteiger partial charge is 0.349 e. The Balaban J connectivity index is 2.86. The molecule has 3 atom stereocenters. The predicted octanol–water partition coefficient (Wildman–Crippen LogP) is 2.20. The molecule has 0 saturated carbocycles. The molecule has 1 aromatic heterocycles. The summed E-state index contributed by atoms with van der Waals surface area (Å²) in [4.78, 5) is 17.7. The molecule has 5 nitrogen and oxygen atoms in total. The minimum atomic E-state index is -1.18. The van der Waals surface area contributed by atoms with Crippen LogP contribution in [-0.4, -0.2) is 43.9 Å². The lowest BCUT2D eigenvalue weighted by Gasteiger charge is -2.24. The van der Waals surface area contributed by atoms with Gasteiger partial charge in [0, 0.05) is 45.2 Å². The van der Waals surface area contributed by atoms with Crippen LogP contribution in [0.5, 0.6) is 0 Å². The Kier molecular flexibility index (Phi) is 7.08. The molecule has 6 heteroatoms. The van der Waals surface area contributed by atoms with Gasteiger partial charge in [-0.05, 0) is 12.3 Å². The maximum atomic E-state index is 12.8. The maximum absolute atomic E-state index is 12.8. The summed E-state index contributed by atoms with van der Waals surface area (Å²) in [6, 6.07) is 0. The van der Waals surface area contributed by atoms with Gasteiger partial charge in [-0.2, -0.15) is 0 Å². The number of amides is 1. The highest BCUT2D eigenvalue weighted by Crippen LogP contribution is 2.24. The van der Waals surface area contributed by atoms with Gasteiger partial charge in [0.25, 0.3) is 0 Å². The highest BCUT2D eigenvalue weighted by molar-refractivity contribution is 7.85. The Morgan fingerprint density at radius 1 is 1.48 bits per heavy atom. The van der Waals surface area contributed by atoms with Crippen LogP contribution in [0, 0.1) is 5.92 Å². The molecule has 0 aliphatic heterocycles. The van der Waals surface area contributed by atoms with Crippen molar-refractivity contribution in [3.8, 4) is 0 Å². The Labute approximate surface area is 130 Å². The molecular weight excluding hydrogens is 286 g/mol. The van der Waals surface area contributed by atoms with E-state index in [1.807, 2.05) is 14.0 Å². The quantitative estimate of drug-likeness (QED) is 0.739. The van der Waals surface area contributed by atoms with Gasteiger partial charge in [0.2, 0.25) is 5.91 Å². The van der Waals surface area contributed by atoms with Crippen molar-refractivity contribution in [2.24, 2.45) is 13.0 Å². The number of aryl methyl sites for hydroxylation is 1. The summed E-state index contributed by atoms with van der Waals surface area (Å²) in [6.45, 7) is 4.14. The fourth-order valence-electron chi connectivity index (χ4n) is 2.28. The van der Waals surface area contributed by atoms with Crippen LogP contribution in [0.2, 0.25) is 0 Å². The van der Waals surface area contributed by atoms with Crippen LogP contribution >= 0.6 is 0 Å². The summed E-state index contributed by atoms with van der Waals surface area (Å²) in [7, 11) is 4.18. The first kappa shape index (κ1) is 17.9. The fourth-order valence-corrected chi connectivity index (χ4v) is 3.96. The normalized spacial score (nSPS) is 15.5. The van der Waals surface area contributed by atoms with Gasteiger partial charge in [0.15, 0.2) is 5.16 Å². The number of hydrogen-bond donors (Lipinski definition) is 0. The zero-order valence-electron chi connectivity index (χ0n) is 13.7. The lowest BCUT2D eigenvalue weighted by atomic mass is 9.98. The van der Waals surface area contributed by atoms with Crippen LogP contribution in [0.4, 0.5) is 0 Å². The summed E-state index contributed by atoms with van der Waals surface area (Å²) in [5.41, 5.74) is 0. The molecule has 0 aliphatic carbocycles. The van der Waals surface area contributed by atoms with E-state index in [-0.39, 0.29) is 17.1 Å². The average Bonchev–Trinajstić information content (AvgIpc) is 2.84. The second kappa shape index (κ2) is 8.32. The Morgan fingerprint density at radius 2 is 2.14 bits per heavy atom. The standard InChI is InChI=1S/C15H27N3O2S/c1-6-7-8-13(12(2)11-14(19)17(3)4)21(20)15-16-9-10-18(15)5/h9-10,12-13H,6-8,11H2,1-5H3/t12-,13-,21?/m0/s1. The van der Waals surface area contributed by atoms with Crippen LogP contribution in [0.3, 0.4) is 0 Å². The van der Waals surface area contributed by atoms with Crippen molar-refractivity contribution in [2.75, 3.05) is 14.1 Å². The number of nitrogens with zero attached hydrogens (tertiary/aromatic N) is 3. The van der Waals surface area contributed by atoms with Crippen LogP contribution in [-0.2, 0) is 22.6 Å². The molecule has 0 radical (unpaired) electrons. The molecule has 0 bridgehead atoms. The number of aromatic nitrogens is 2. The van der Waals surface area contributed by atoms with Gasteiger partial charge in [-0.15, -0.1) is 0 Å². The summed E-state index contributed by atoms with van der Waals surface area (Å²) in [5.74, 6) is 0.157. The lowest BCUT2D eigenvalue weighted by molar-refractivity contribution is -0.129. The van der Waals surface area contributed by atoms with Gasteiger partial charge in [0.1, 0.15) is 0 Å². The Morgan fingerprint density at radius 3 is 2.62 bits per heavy atom. The van der Waals surface area contributed by atoms with E-state index >= 15 is 0 Å². The highest BCUT2D eigenvalue weighted by Gasteiger charge is 2.28. The topological polar surface area (TPSA) is 55.2 Å². The van der Waals surface area contributed by atoms with E-state index in [9.17, 15) is 9.00 Å². The van der Waals surface area contributed by atoms with Gasteiger partial charge < -0.3 is 9.47 Å². The second-order valence-electron chi connectivity index (χ2n) is 5.77. The number of carbonyl (C=O) groups excluding carboxylic acids is 1. The monoisotopic (exact) mass is 313 g/mol. The highest BCUT2D eigenvalue weighted by atomic mass is 32.2. The van der Waals surface area contributed by atoms with Crippen molar-refractivity contribution >= 4 is 16.7 Å². The number of carbonyl (C=O) groups is 1. The first-order valence-corrected chi connectivity index (χ1v) is 8.67. The first-order valence-electron chi connectivity index (χ1n) is 7.46. The molecule has 0 N–H and O–H groups in total. The third-order valence-corrected chi connectivity index (χ3v) is 5.71. The molecule has 0 spiro atoms. The van der Waals surface area contributed by atoms with Gasteiger partial charge in [-0.3, -0.25) is 9.00 Å². The van der Waals surface area contributed by atoms with Crippen molar-refractivity contribution in [3.05, 3.63) is 12.4 Å². The van der Waals surface area contributed by atoms with Gasteiger partial charge in [0.05, 0.1) is 10.8 Å². The minimum Gasteiger partial charge on any atom is -0.349 e. The van der Waals surface area contributed by atoms with E-state index in [0.717, 1.165) is 19.3 Å². The molecule has 120 valence electrons. The smallest absolute Gasteiger partial charge is 0.222 e. The fraction of sp³-hybridized carbons (Fsp3) is 0.733. The summed E-state index contributed by atoms with van der Waals surface area (Å²) >= 11 is 0. The zero-order chi connectivity index (χ0) is 16.0. The molecule has 0 aromatic carbocycles. The van der Waals surface area contributed by atoms with E-state index in [0.29, 0.717) is 11.6 Å².